The number of benzene rings is 5. The Hall–Kier alpha value is -4.71. The van der Waals surface area contributed by atoms with Gasteiger partial charge >= 0.3 is 5.97 Å². The third-order valence-corrected chi connectivity index (χ3v) is 5.59. The van der Waals surface area contributed by atoms with Crippen molar-refractivity contribution in [2.24, 2.45) is 0 Å². The van der Waals surface area contributed by atoms with E-state index in [1.165, 1.54) is 30.3 Å². The van der Waals surface area contributed by atoms with E-state index in [1.807, 2.05) is 0 Å². The first-order chi connectivity index (χ1) is 16.0. The molecule has 0 bridgehead atoms. The van der Waals surface area contributed by atoms with Gasteiger partial charge in [-0.1, -0.05) is 48.5 Å². The molecule has 0 aliphatic rings. The molecule has 0 atom stereocenters. The molecule has 0 saturated carbocycles. The average molecular weight is 438 g/mol. The van der Waals surface area contributed by atoms with Gasteiger partial charge in [-0.15, -0.1) is 0 Å². The van der Waals surface area contributed by atoms with Crippen LogP contribution < -0.4 is 4.74 Å². The molecule has 4 N–H and O–H groups in total. The number of carbonyl (C=O) groups excluding carboxylic acids is 1. The first-order valence-electron chi connectivity index (χ1n) is 10.1. The van der Waals surface area contributed by atoms with Gasteiger partial charge in [-0.05, 0) is 52.9 Å². The summed E-state index contributed by atoms with van der Waals surface area (Å²) in [6.45, 7) is 0. The van der Waals surface area contributed by atoms with Gasteiger partial charge in [-0.2, -0.15) is 0 Å². The van der Waals surface area contributed by atoms with E-state index in [-0.39, 0.29) is 45.1 Å². The number of carbonyl (C=O) groups is 1. The monoisotopic (exact) mass is 438 g/mol. The van der Waals surface area contributed by atoms with Crippen molar-refractivity contribution in [1.82, 2.24) is 0 Å². The molecule has 0 unspecified atom stereocenters. The van der Waals surface area contributed by atoms with Gasteiger partial charge in [0.25, 0.3) is 0 Å². The molecule has 5 rings (SSSR count). The lowest BCUT2D eigenvalue weighted by molar-refractivity contribution is 0.0737. The Morgan fingerprint density at radius 1 is 0.545 bits per heavy atom. The Bertz CT molecular complexity index is 1540. The summed E-state index contributed by atoms with van der Waals surface area (Å²) in [4.78, 5) is 13.2. The summed E-state index contributed by atoms with van der Waals surface area (Å²) in [6.07, 6.45) is 0. The molecule has 0 aromatic heterocycles. The van der Waals surface area contributed by atoms with Crippen LogP contribution in [0.1, 0.15) is 10.4 Å². The summed E-state index contributed by atoms with van der Waals surface area (Å²) in [5.74, 6) is -0.837. The first-order valence-corrected chi connectivity index (χ1v) is 10.1. The van der Waals surface area contributed by atoms with Crippen LogP contribution in [0.3, 0.4) is 0 Å². The van der Waals surface area contributed by atoms with E-state index in [0.717, 1.165) is 0 Å². The van der Waals surface area contributed by atoms with Crippen LogP contribution in [0.4, 0.5) is 0 Å². The fourth-order valence-corrected chi connectivity index (χ4v) is 4.09. The van der Waals surface area contributed by atoms with Crippen LogP contribution in [-0.4, -0.2) is 26.4 Å². The van der Waals surface area contributed by atoms with Gasteiger partial charge < -0.3 is 25.2 Å². The Balaban J connectivity index is 1.63. The molecule has 0 aliphatic heterocycles. The highest BCUT2D eigenvalue weighted by atomic mass is 16.5. The molecule has 0 spiro atoms. The normalized spacial score (nSPS) is 11.0. The predicted octanol–water partition coefficient (Wildman–Crippen LogP) is 5.70. The molecule has 0 saturated heterocycles. The van der Waals surface area contributed by atoms with Crippen LogP contribution in [0, 0.1) is 0 Å². The average Bonchev–Trinajstić information content (AvgIpc) is 2.81. The topological polar surface area (TPSA) is 107 Å². The van der Waals surface area contributed by atoms with E-state index in [1.54, 1.807) is 54.6 Å². The summed E-state index contributed by atoms with van der Waals surface area (Å²) in [7, 11) is 0. The summed E-state index contributed by atoms with van der Waals surface area (Å²) in [5, 5.41) is 42.2. The molecule has 0 fully saturated rings. The van der Waals surface area contributed by atoms with E-state index < -0.39 is 5.97 Å². The minimum absolute atomic E-state index is 0.0673. The van der Waals surface area contributed by atoms with Crippen molar-refractivity contribution < 1.29 is 30.0 Å². The van der Waals surface area contributed by atoms with Crippen LogP contribution in [0.15, 0.2) is 84.9 Å². The second-order valence-corrected chi connectivity index (χ2v) is 7.55. The number of phenols is 4. The zero-order valence-corrected chi connectivity index (χ0v) is 17.2. The van der Waals surface area contributed by atoms with E-state index in [4.69, 9.17) is 4.74 Å². The Kier molecular flexibility index (Phi) is 4.75. The van der Waals surface area contributed by atoms with Crippen molar-refractivity contribution >= 4 is 27.5 Å². The van der Waals surface area contributed by atoms with Crippen LogP contribution in [0.2, 0.25) is 0 Å². The SMILES string of the molecule is O=C(Oc1ccc(O)c2c(O)cccc12)c1ccccc1-c1ccc(O)c2c(O)cccc12. The maximum absolute atomic E-state index is 13.2. The molecule has 0 radical (unpaired) electrons. The lowest BCUT2D eigenvalue weighted by Crippen LogP contribution is -2.10. The van der Waals surface area contributed by atoms with Crippen molar-refractivity contribution in [1.29, 1.82) is 0 Å². The smallest absolute Gasteiger partial charge is 0.344 e. The minimum atomic E-state index is -0.637. The van der Waals surface area contributed by atoms with Crippen LogP contribution >= 0.6 is 0 Å². The predicted molar refractivity (Wildman–Crippen MR) is 125 cm³/mol. The first kappa shape index (κ1) is 20.2. The molecule has 162 valence electrons. The van der Waals surface area contributed by atoms with Crippen LogP contribution in [0.5, 0.6) is 28.7 Å². The molecule has 33 heavy (non-hydrogen) atoms. The summed E-state index contributed by atoms with van der Waals surface area (Å²) in [5.41, 5.74) is 1.47. The largest absolute Gasteiger partial charge is 0.507 e. The molecule has 5 aromatic carbocycles. The van der Waals surface area contributed by atoms with Crippen molar-refractivity contribution in [2.45, 2.75) is 0 Å². The van der Waals surface area contributed by atoms with Gasteiger partial charge in [-0.25, -0.2) is 4.79 Å². The summed E-state index contributed by atoms with van der Waals surface area (Å²) >= 11 is 0. The maximum Gasteiger partial charge on any atom is 0.344 e. The van der Waals surface area contributed by atoms with Gasteiger partial charge in [-0.3, -0.25) is 0 Å². The van der Waals surface area contributed by atoms with E-state index >= 15 is 0 Å². The molecule has 5 aromatic rings. The van der Waals surface area contributed by atoms with Crippen molar-refractivity contribution in [3.8, 4) is 39.9 Å². The van der Waals surface area contributed by atoms with Crippen molar-refractivity contribution in [2.75, 3.05) is 0 Å². The number of esters is 1. The van der Waals surface area contributed by atoms with Gasteiger partial charge in [0.15, 0.2) is 0 Å². The third kappa shape index (κ3) is 3.34. The molecule has 0 heterocycles. The Labute approximate surface area is 188 Å². The highest BCUT2D eigenvalue weighted by molar-refractivity contribution is 6.08. The second kappa shape index (κ2) is 7.76. The number of aromatic hydroxyl groups is 4. The Morgan fingerprint density at radius 2 is 1.12 bits per heavy atom. The molecule has 0 aliphatic carbocycles. The van der Waals surface area contributed by atoms with Gasteiger partial charge in [0.2, 0.25) is 0 Å². The zero-order chi connectivity index (χ0) is 23.1. The summed E-state index contributed by atoms with van der Waals surface area (Å²) in [6, 6.07) is 22.4. The molecule has 6 heteroatoms. The fraction of sp³-hybridized carbons (Fsp3) is 0. The number of hydrogen-bond acceptors (Lipinski definition) is 6. The second-order valence-electron chi connectivity index (χ2n) is 7.55. The maximum atomic E-state index is 13.2. The Morgan fingerprint density at radius 3 is 1.85 bits per heavy atom. The minimum Gasteiger partial charge on any atom is -0.507 e. The number of ether oxygens (including phenoxy) is 1. The lowest BCUT2D eigenvalue weighted by Gasteiger charge is -2.14. The molecule has 6 nitrogen and oxygen atoms in total. The fourth-order valence-electron chi connectivity index (χ4n) is 4.09. The number of phenolic OH excluding ortho intramolecular Hbond substituents is 4. The lowest BCUT2D eigenvalue weighted by atomic mass is 9.94. The van der Waals surface area contributed by atoms with E-state index in [0.29, 0.717) is 21.9 Å². The standard InChI is InChI=1S/C27H18O6/c28-20-9-3-7-17-16(11-12-22(30)25(17)20)15-5-1-2-6-18(15)27(32)33-24-14-13-23(31)26-19(24)8-4-10-21(26)29/h1-14,28-31H. The number of rotatable bonds is 3. The van der Waals surface area contributed by atoms with Gasteiger partial charge in [0.1, 0.15) is 28.7 Å². The molecule has 0 amide bonds. The summed E-state index contributed by atoms with van der Waals surface area (Å²) < 4.78 is 5.69. The van der Waals surface area contributed by atoms with Crippen molar-refractivity contribution in [3.63, 3.8) is 0 Å². The number of fused-ring (bicyclic) bond motifs is 2. The number of hydrogen-bond donors (Lipinski definition) is 4. The molecular formula is C27H18O6. The van der Waals surface area contributed by atoms with E-state index in [9.17, 15) is 25.2 Å². The van der Waals surface area contributed by atoms with Gasteiger partial charge in [0.05, 0.1) is 16.3 Å². The van der Waals surface area contributed by atoms with Crippen LogP contribution in [-0.2, 0) is 0 Å². The third-order valence-electron chi connectivity index (χ3n) is 5.59. The van der Waals surface area contributed by atoms with Gasteiger partial charge in [0, 0.05) is 5.39 Å². The highest BCUT2D eigenvalue weighted by Gasteiger charge is 2.20. The molecular weight excluding hydrogens is 420 g/mol. The zero-order valence-electron chi connectivity index (χ0n) is 17.2. The van der Waals surface area contributed by atoms with Crippen LogP contribution in [0.25, 0.3) is 32.7 Å². The van der Waals surface area contributed by atoms with E-state index in [2.05, 4.69) is 0 Å². The quantitative estimate of drug-likeness (QED) is 0.213. The van der Waals surface area contributed by atoms with Crippen molar-refractivity contribution in [3.05, 3.63) is 90.5 Å². The highest BCUT2D eigenvalue weighted by Crippen LogP contribution is 2.41.